The van der Waals surface area contributed by atoms with Crippen molar-refractivity contribution >= 4 is 5.91 Å². The molecule has 0 fully saturated rings. The molecule has 0 spiro atoms. The number of amides is 1. The molecule has 5 nitrogen and oxygen atoms in total. The summed E-state index contributed by atoms with van der Waals surface area (Å²) in [5, 5.41) is 6.06. The van der Waals surface area contributed by atoms with E-state index in [-0.39, 0.29) is 18.9 Å². The number of halogens is 6. The van der Waals surface area contributed by atoms with Crippen LogP contribution in [-0.4, -0.2) is 18.0 Å². The van der Waals surface area contributed by atoms with Crippen molar-refractivity contribution in [3.63, 3.8) is 0 Å². The summed E-state index contributed by atoms with van der Waals surface area (Å²) in [7, 11) is 0. The van der Waals surface area contributed by atoms with Crippen LogP contribution in [-0.2, 0) is 25.2 Å². The van der Waals surface area contributed by atoms with Crippen molar-refractivity contribution in [1.82, 2.24) is 5.32 Å². The van der Waals surface area contributed by atoms with Crippen LogP contribution in [0.1, 0.15) is 32.6 Å². The third kappa shape index (κ3) is 4.68. The Morgan fingerprint density at radius 2 is 1.50 bits per heavy atom. The molecule has 0 heterocycles. The van der Waals surface area contributed by atoms with E-state index in [0.717, 1.165) is 11.1 Å². The Morgan fingerprint density at radius 1 is 0.967 bits per heavy atom. The van der Waals surface area contributed by atoms with Gasteiger partial charge in [-0.3, -0.25) is 4.79 Å². The zero-order chi connectivity index (χ0) is 22.1. The van der Waals surface area contributed by atoms with Crippen LogP contribution in [0.4, 0.5) is 26.3 Å². The third-order valence-electron chi connectivity index (χ3n) is 4.82. The summed E-state index contributed by atoms with van der Waals surface area (Å²) in [5.41, 5.74) is 6.57. The zero-order valence-electron chi connectivity index (χ0n) is 15.1. The van der Waals surface area contributed by atoms with Crippen molar-refractivity contribution in [2.24, 2.45) is 5.11 Å². The van der Waals surface area contributed by atoms with Gasteiger partial charge in [0.25, 0.3) is 5.91 Å². The number of fused-ring (bicyclic) bond motifs is 1. The van der Waals surface area contributed by atoms with E-state index in [0.29, 0.717) is 12.1 Å². The molecular formula is C19H14F6N4O. The molecule has 1 unspecified atom stereocenters. The number of rotatable bonds is 3. The summed E-state index contributed by atoms with van der Waals surface area (Å²) in [6.07, 6.45) is -9.63. The summed E-state index contributed by atoms with van der Waals surface area (Å²) in [6.45, 7) is 0. The molecular weight excluding hydrogens is 414 g/mol. The summed E-state index contributed by atoms with van der Waals surface area (Å²) < 4.78 is 78.2. The number of hydrogen-bond acceptors (Lipinski definition) is 2. The first-order chi connectivity index (χ1) is 14.0. The molecule has 0 radical (unpaired) electrons. The van der Waals surface area contributed by atoms with Gasteiger partial charge in [0.05, 0.1) is 17.2 Å². The van der Waals surface area contributed by atoms with Gasteiger partial charge in [-0.25, -0.2) is 0 Å². The first-order valence-electron chi connectivity index (χ1n) is 8.70. The summed E-state index contributed by atoms with van der Waals surface area (Å²) in [5.74, 6) is -1.12. The lowest BCUT2D eigenvalue weighted by atomic mass is 9.85. The minimum atomic E-state index is -5.06. The number of hydrogen-bond donors (Lipinski definition) is 1. The summed E-state index contributed by atoms with van der Waals surface area (Å²) >= 11 is 0. The molecule has 2 aromatic rings. The first-order valence-corrected chi connectivity index (χ1v) is 8.70. The Labute approximate surface area is 166 Å². The van der Waals surface area contributed by atoms with Crippen LogP contribution in [0.15, 0.2) is 47.6 Å². The molecule has 0 saturated heterocycles. The maximum atomic E-state index is 13.0. The molecule has 0 aliphatic heterocycles. The van der Waals surface area contributed by atoms with E-state index < -0.39 is 47.0 Å². The quantitative estimate of drug-likeness (QED) is 0.306. The maximum Gasteiger partial charge on any atom is 0.416 e. The topological polar surface area (TPSA) is 77.9 Å². The normalized spacial score (nSPS) is 18.9. The molecule has 1 aliphatic rings. The average molecular weight is 428 g/mol. The van der Waals surface area contributed by atoms with Gasteiger partial charge in [0.1, 0.15) is 0 Å². The van der Waals surface area contributed by atoms with E-state index in [9.17, 15) is 31.1 Å². The highest BCUT2D eigenvalue weighted by atomic mass is 19.4. The molecule has 2 aromatic carbocycles. The van der Waals surface area contributed by atoms with Crippen LogP contribution < -0.4 is 5.32 Å². The fourth-order valence-electron chi connectivity index (χ4n) is 3.37. The van der Waals surface area contributed by atoms with Crippen molar-refractivity contribution in [2.45, 2.75) is 37.3 Å². The predicted octanol–water partition coefficient (Wildman–Crippen LogP) is 5.30. The highest BCUT2D eigenvalue weighted by molar-refractivity contribution is 5.95. The predicted molar refractivity (Wildman–Crippen MR) is 94.5 cm³/mol. The van der Waals surface area contributed by atoms with Crippen molar-refractivity contribution < 1.29 is 31.1 Å². The number of carbonyl (C=O) groups excluding carboxylic acids is 1. The zero-order valence-corrected chi connectivity index (χ0v) is 15.1. The number of nitrogens with zero attached hydrogens (tertiary/aromatic N) is 3. The molecule has 1 aliphatic carbocycles. The minimum absolute atomic E-state index is 0.0452. The highest BCUT2D eigenvalue weighted by Gasteiger charge is 2.38. The largest absolute Gasteiger partial charge is 0.416 e. The van der Waals surface area contributed by atoms with Crippen molar-refractivity contribution in [2.75, 3.05) is 0 Å². The van der Waals surface area contributed by atoms with Crippen LogP contribution >= 0.6 is 0 Å². The van der Waals surface area contributed by atoms with E-state index >= 15 is 0 Å². The van der Waals surface area contributed by atoms with Crippen LogP contribution in [0.5, 0.6) is 0 Å². The van der Waals surface area contributed by atoms with Gasteiger partial charge in [0, 0.05) is 16.5 Å². The Morgan fingerprint density at radius 3 is 2.00 bits per heavy atom. The van der Waals surface area contributed by atoms with Crippen LogP contribution in [0.2, 0.25) is 0 Å². The Kier molecular flexibility index (Phi) is 5.67. The van der Waals surface area contributed by atoms with E-state index in [2.05, 4.69) is 15.3 Å². The number of alkyl halides is 6. The number of carbonyl (C=O) groups is 1. The van der Waals surface area contributed by atoms with Crippen molar-refractivity contribution in [3.05, 3.63) is 80.7 Å². The summed E-state index contributed by atoms with van der Waals surface area (Å²) in [4.78, 5) is 15.3. The summed E-state index contributed by atoms with van der Waals surface area (Å²) in [6, 6.07) is 6.31. The SMILES string of the molecule is [N-]=[N+]=NC1Cc2ccccc2C[C@H]1NC(=O)c1cc(C(F)(F)F)cc(C(F)(F)F)c1. The molecule has 158 valence electrons. The van der Waals surface area contributed by atoms with E-state index in [1.165, 1.54) is 0 Å². The Bertz CT molecular complexity index is 979. The van der Waals surface area contributed by atoms with Gasteiger partial charge in [0.15, 0.2) is 0 Å². The van der Waals surface area contributed by atoms with Crippen molar-refractivity contribution in [1.29, 1.82) is 0 Å². The van der Waals surface area contributed by atoms with E-state index in [1.54, 1.807) is 18.2 Å². The van der Waals surface area contributed by atoms with Gasteiger partial charge in [0.2, 0.25) is 0 Å². The lowest BCUT2D eigenvalue weighted by Gasteiger charge is -2.31. The maximum absolute atomic E-state index is 13.0. The van der Waals surface area contributed by atoms with Crippen LogP contribution in [0, 0.1) is 0 Å². The standard InChI is InChI=1S/C19H14F6N4O/c20-18(21,22)13-5-12(6-14(9-13)19(23,24)25)17(30)27-15-7-10-3-1-2-4-11(10)8-16(15)28-29-26/h1-6,9,15-16H,7-8H2,(H,27,30)/t15-,16?/m1/s1. The minimum Gasteiger partial charge on any atom is -0.349 e. The average Bonchev–Trinajstić information content (AvgIpc) is 2.67. The van der Waals surface area contributed by atoms with E-state index in [1.807, 2.05) is 6.07 Å². The molecule has 3 rings (SSSR count). The third-order valence-corrected chi connectivity index (χ3v) is 4.82. The molecule has 11 heteroatoms. The van der Waals surface area contributed by atoms with Crippen LogP contribution in [0.25, 0.3) is 10.4 Å². The lowest BCUT2D eigenvalue weighted by Crippen LogP contribution is -2.47. The second kappa shape index (κ2) is 7.91. The second-order valence-corrected chi connectivity index (χ2v) is 6.82. The number of nitrogens with one attached hydrogen (secondary N) is 1. The Balaban J connectivity index is 1.93. The fourth-order valence-corrected chi connectivity index (χ4v) is 3.37. The van der Waals surface area contributed by atoms with Gasteiger partial charge in [-0.2, -0.15) is 26.3 Å². The molecule has 0 bridgehead atoms. The number of azide groups is 1. The first kappa shape index (κ1) is 21.5. The molecule has 0 saturated carbocycles. The lowest BCUT2D eigenvalue weighted by molar-refractivity contribution is -0.143. The molecule has 1 N–H and O–H groups in total. The van der Waals surface area contributed by atoms with Crippen LogP contribution in [0.3, 0.4) is 0 Å². The fraction of sp³-hybridized carbons (Fsp3) is 0.316. The Hall–Kier alpha value is -3.20. The second-order valence-electron chi connectivity index (χ2n) is 6.82. The number of benzene rings is 2. The molecule has 0 aromatic heterocycles. The molecule has 30 heavy (non-hydrogen) atoms. The smallest absolute Gasteiger partial charge is 0.349 e. The molecule has 2 atom stereocenters. The van der Waals surface area contributed by atoms with Crippen molar-refractivity contribution in [3.8, 4) is 0 Å². The van der Waals surface area contributed by atoms with E-state index in [4.69, 9.17) is 5.53 Å². The van der Waals surface area contributed by atoms with Gasteiger partial charge < -0.3 is 5.32 Å². The van der Waals surface area contributed by atoms with Gasteiger partial charge >= 0.3 is 12.4 Å². The highest BCUT2D eigenvalue weighted by Crippen LogP contribution is 2.36. The monoisotopic (exact) mass is 428 g/mol. The molecule has 1 amide bonds. The van der Waals surface area contributed by atoms with Gasteiger partial charge in [-0.15, -0.1) is 0 Å². The van der Waals surface area contributed by atoms with Gasteiger partial charge in [-0.05, 0) is 47.7 Å². The van der Waals surface area contributed by atoms with Gasteiger partial charge in [-0.1, -0.05) is 29.4 Å².